The van der Waals surface area contributed by atoms with Gasteiger partial charge < -0.3 is 10.2 Å². The first kappa shape index (κ1) is 17.6. The molecule has 0 aliphatic carbocycles. The van der Waals surface area contributed by atoms with E-state index in [1.807, 2.05) is 34.4 Å². The van der Waals surface area contributed by atoms with Crippen molar-refractivity contribution < 1.29 is 4.79 Å². The van der Waals surface area contributed by atoms with E-state index in [-0.39, 0.29) is 0 Å². The molecular weight excluding hydrogens is 342 g/mol. The molecule has 0 spiro atoms. The lowest BCUT2D eigenvalue weighted by atomic mass is 9.84. The van der Waals surface area contributed by atoms with Gasteiger partial charge in [0.2, 0.25) is 5.91 Å². The van der Waals surface area contributed by atoms with Crippen LogP contribution in [0.1, 0.15) is 29.0 Å². The standard InChI is InChI=1S/C21H27N3OS/c1-17-8-9-19(26-17)16-23-14-10-21(11-15-23,20(25)24-12-5-13-24)22-18-6-3-2-4-7-18/h2-4,6-9,22H,5,10-16H2,1H3. The summed E-state index contributed by atoms with van der Waals surface area (Å²) in [5.41, 5.74) is 0.590. The van der Waals surface area contributed by atoms with Crippen LogP contribution in [-0.4, -0.2) is 47.4 Å². The lowest BCUT2D eigenvalue weighted by Crippen LogP contribution is -2.61. The molecule has 2 aliphatic rings. The third kappa shape index (κ3) is 3.64. The third-order valence-electron chi connectivity index (χ3n) is 5.60. The average molecular weight is 370 g/mol. The molecule has 0 atom stereocenters. The maximum absolute atomic E-state index is 13.2. The van der Waals surface area contributed by atoms with Crippen molar-refractivity contribution in [2.75, 3.05) is 31.5 Å². The van der Waals surface area contributed by atoms with Gasteiger partial charge in [0.05, 0.1) is 0 Å². The molecule has 4 nitrogen and oxygen atoms in total. The summed E-state index contributed by atoms with van der Waals surface area (Å²) >= 11 is 1.88. The van der Waals surface area contributed by atoms with Gasteiger partial charge in [-0.15, -0.1) is 11.3 Å². The zero-order chi connectivity index (χ0) is 18.0. The second kappa shape index (κ2) is 7.41. The number of hydrogen-bond donors (Lipinski definition) is 1. The average Bonchev–Trinajstić information content (AvgIpc) is 3.01. The van der Waals surface area contributed by atoms with Crippen LogP contribution in [0.5, 0.6) is 0 Å². The molecule has 5 heteroatoms. The Balaban J connectivity index is 1.47. The van der Waals surface area contributed by atoms with Gasteiger partial charge in [0.15, 0.2) is 0 Å². The smallest absolute Gasteiger partial charge is 0.248 e. The van der Waals surface area contributed by atoms with E-state index in [1.165, 1.54) is 9.75 Å². The van der Waals surface area contributed by atoms with E-state index in [1.54, 1.807) is 0 Å². The number of likely N-dealkylation sites (tertiary alicyclic amines) is 2. The molecule has 0 bridgehead atoms. The fourth-order valence-electron chi connectivity index (χ4n) is 3.90. The van der Waals surface area contributed by atoms with Crippen LogP contribution in [-0.2, 0) is 11.3 Å². The number of aryl methyl sites for hydroxylation is 1. The van der Waals surface area contributed by atoms with Gasteiger partial charge in [-0.25, -0.2) is 0 Å². The molecule has 2 saturated heterocycles. The van der Waals surface area contributed by atoms with Crippen LogP contribution in [0.2, 0.25) is 0 Å². The van der Waals surface area contributed by atoms with Crippen molar-refractivity contribution in [3.8, 4) is 0 Å². The van der Waals surface area contributed by atoms with Crippen LogP contribution in [0.4, 0.5) is 5.69 Å². The van der Waals surface area contributed by atoms with E-state index in [0.717, 1.165) is 57.7 Å². The van der Waals surface area contributed by atoms with Crippen molar-refractivity contribution in [1.29, 1.82) is 0 Å². The van der Waals surface area contributed by atoms with Crippen molar-refractivity contribution >= 4 is 22.9 Å². The molecule has 3 heterocycles. The highest BCUT2D eigenvalue weighted by molar-refractivity contribution is 7.11. The van der Waals surface area contributed by atoms with Gasteiger partial charge >= 0.3 is 0 Å². The van der Waals surface area contributed by atoms with Crippen molar-refractivity contribution in [2.24, 2.45) is 0 Å². The number of nitrogens with zero attached hydrogens (tertiary/aromatic N) is 2. The maximum Gasteiger partial charge on any atom is 0.248 e. The van der Waals surface area contributed by atoms with Gasteiger partial charge in [-0.3, -0.25) is 9.69 Å². The Bertz CT molecular complexity index is 746. The lowest BCUT2D eigenvalue weighted by Gasteiger charge is -2.46. The molecule has 1 aromatic heterocycles. The quantitative estimate of drug-likeness (QED) is 0.872. The summed E-state index contributed by atoms with van der Waals surface area (Å²) in [6.07, 6.45) is 2.86. The number of benzene rings is 1. The zero-order valence-electron chi connectivity index (χ0n) is 15.4. The first-order chi connectivity index (χ1) is 12.6. The predicted octanol–water partition coefficient (Wildman–Crippen LogP) is 3.74. The summed E-state index contributed by atoms with van der Waals surface area (Å²) in [5.74, 6) is 0.291. The van der Waals surface area contributed by atoms with Gasteiger partial charge in [0, 0.05) is 48.2 Å². The summed E-state index contributed by atoms with van der Waals surface area (Å²) < 4.78 is 0. The summed E-state index contributed by atoms with van der Waals surface area (Å²) in [4.78, 5) is 20.5. The normalized spacial score (nSPS) is 19.8. The number of hydrogen-bond acceptors (Lipinski definition) is 4. The van der Waals surface area contributed by atoms with E-state index in [9.17, 15) is 4.79 Å². The monoisotopic (exact) mass is 369 g/mol. The number of carbonyl (C=O) groups excluding carboxylic acids is 1. The highest BCUT2D eigenvalue weighted by Crippen LogP contribution is 2.32. The number of carbonyl (C=O) groups is 1. The van der Waals surface area contributed by atoms with Crippen molar-refractivity contribution in [3.63, 3.8) is 0 Å². The van der Waals surface area contributed by atoms with Crippen molar-refractivity contribution in [1.82, 2.24) is 9.80 Å². The van der Waals surface area contributed by atoms with Gasteiger partial charge in [0.25, 0.3) is 0 Å². The summed E-state index contributed by atoms with van der Waals surface area (Å²) in [7, 11) is 0. The van der Waals surface area contributed by atoms with Crippen molar-refractivity contribution in [2.45, 2.75) is 38.3 Å². The fourth-order valence-corrected chi connectivity index (χ4v) is 4.83. The number of rotatable bonds is 5. The largest absolute Gasteiger partial charge is 0.371 e. The van der Waals surface area contributed by atoms with E-state index >= 15 is 0 Å². The lowest BCUT2D eigenvalue weighted by molar-refractivity contribution is -0.141. The second-order valence-electron chi connectivity index (χ2n) is 7.51. The molecule has 0 radical (unpaired) electrons. The molecule has 0 saturated carbocycles. The number of nitrogens with one attached hydrogen (secondary N) is 1. The van der Waals surface area contributed by atoms with Crippen LogP contribution >= 0.6 is 11.3 Å². The van der Waals surface area contributed by atoms with Crippen LogP contribution in [0, 0.1) is 6.92 Å². The maximum atomic E-state index is 13.2. The first-order valence-corrected chi connectivity index (χ1v) is 10.4. The number of para-hydroxylation sites is 1. The molecule has 0 unspecified atom stereocenters. The number of anilines is 1. The highest BCUT2D eigenvalue weighted by Gasteiger charge is 2.44. The van der Waals surface area contributed by atoms with Gasteiger partial charge in [-0.05, 0) is 50.5 Å². The predicted molar refractivity (Wildman–Crippen MR) is 108 cm³/mol. The van der Waals surface area contributed by atoms with Gasteiger partial charge in [0.1, 0.15) is 5.54 Å². The Kier molecular flexibility index (Phi) is 5.00. The van der Waals surface area contributed by atoms with E-state index in [0.29, 0.717) is 5.91 Å². The van der Waals surface area contributed by atoms with E-state index < -0.39 is 5.54 Å². The molecule has 26 heavy (non-hydrogen) atoms. The Hall–Kier alpha value is -1.85. The Morgan fingerprint density at radius 2 is 1.81 bits per heavy atom. The van der Waals surface area contributed by atoms with E-state index in [2.05, 4.69) is 41.4 Å². The Morgan fingerprint density at radius 3 is 2.38 bits per heavy atom. The molecule has 2 fully saturated rings. The molecule has 2 aromatic rings. The van der Waals surface area contributed by atoms with Crippen LogP contribution < -0.4 is 5.32 Å². The van der Waals surface area contributed by atoms with Crippen LogP contribution in [0.3, 0.4) is 0 Å². The molecule has 2 aliphatic heterocycles. The van der Waals surface area contributed by atoms with Crippen LogP contribution in [0.25, 0.3) is 0 Å². The summed E-state index contributed by atoms with van der Waals surface area (Å²) in [6, 6.07) is 14.6. The molecule has 1 N–H and O–H groups in total. The number of piperidine rings is 1. The summed E-state index contributed by atoms with van der Waals surface area (Å²) in [5, 5.41) is 3.62. The second-order valence-corrected chi connectivity index (χ2v) is 8.88. The zero-order valence-corrected chi connectivity index (χ0v) is 16.2. The summed E-state index contributed by atoms with van der Waals surface area (Å²) in [6.45, 7) is 6.89. The highest BCUT2D eigenvalue weighted by atomic mass is 32.1. The molecule has 138 valence electrons. The number of thiophene rings is 1. The van der Waals surface area contributed by atoms with E-state index in [4.69, 9.17) is 0 Å². The SMILES string of the molecule is Cc1ccc(CN2CCC(Nc3ccccc3)(C(=O)N3CCC3)CC2)s1. The Labute approximate surface area is 159 Å². The minimum atomic E-state index is -0.455. The topological polar surface area (TPSA) is 35.6 Å². The third-order valence-corrected chi connectivity index (χ3v) is 6.58. The number of amides is 1. The first-order valence-electron chi connectivity index (χ1n) is 9.55. The van der Waals surface area contributed by atoms with Gasteiger partial charge in [-0.2, -0.15) is 0 Å². The molecule has 1 aromatic carbocycles. The van der Waals surface area contributed by atoms with Crippen molar-refractivity contribution in [3.05, 3.63) is 52.2 Å². The Morgan fingerprint density at radius 1 is 1.08 bits per heavy atom. The fraction of sp³-hybridized carbons (Fsp3) is 0.476. The minimum Gasteiger partial charge on any atom is -0.371 e. The van der Waals surface area contributed by atoms with Gasteiger partial charge in [-0.1, -0.05) is 18.2 Å². The minimum absolute atomic E-state index is 0.291. The van der Waals surface area contributed by atoms with Crippen LogP contribution in [0.15, 0.2) is 42.5 Å². The molecule has 4 rings (SSSR count). The molecular formula is C21H27N3OS. The molecule has 1 amide bonds.